The lowest BCUT2D eigenvalue weighted by atomic mass is 10.2. The van der Waals surface area contributed by atoms with Gasteiger partial charge in [-0.3, -0.25) is 0 Å². The Morgan fingerprint density at radius 2 is 1.82 bits per heavy atom. The molecule has 0 heterocycles. The highest BCUT2D eigenvalue weighted by Crippen LogP contribution is 2.36. The summed E-state index contributed by atoms with van der Waals surface area (Å²) in [5, 5.41) is 0. The predicted octanol–water partition coefficient (Wildman–Crippen LogP) is 1.66. The third-order valence-electron chi connectivity index (χ3n) is 1.54. The molecule has 0 aliphatic rings. The summed E-state index contributed by atoms with van der Waals surface area (Å²) in [5.41, 5.74) is -1.29. The van der Waals surface area contributed by atoms with E-state index in [0.29, 0.717) is 12.1 Å². The molecule has 0 N–H and O–H groups in total. The Hall–Kier alpha value is -1.86. The van der Waals surface area contributed by atoms with Crippen molar-refractivity contribution in [3.05, 3.63) is 29.8 Å². The maximum Gasteiger partial charge on any atom is 0.439 e. The molecule has 0 spiro atoms. The van der Waals surface area contributed by atoms with E-state index in [1.807, 2.05) is 0 Å². The molecule has 5 nitrogen and oxygen atoms in total. The van der Waals surface area contributed by atoms with Gasteiger partial charge in [-0.1, -0.05) is 12.1 Å². The van der Waals surface area contributed by atoms with Gasteiger partial charge in [-0.15, -0.1) is 0 Å². The average molecular weight is 267 g/mol. The molecule has 17 heavy (non-hydrogen) atoms. The molecule has 9 heteroatoms. The van der Waals surface area contributed by atoms with Crippen LogP contribution in [0.15, 0.2) is 28.7 Å². The molecule has 0 aromatic heterocycles. The van der Waals surface area contributed by atoms with Crippen LogP contribution in [0.25, 0.3) is 0 Å². The van der Waals surface area contributed by atoms with Crippen molar-refractivity contribution < 1.29 is 30.6 Å². The normalized spacial score (nSPS) is 11.7. The third-order valence-corrected chi connectivity index (χ3v) is 2.22. The monoisotopic (exact) mass is 267 g/mol. The van der Waals surface area contributed by atoms with Crippen LogP contribution in [0.2, 0.25) is 0 Å². The maximum absolute atomic E-state index is 12.4. The van der Waals surface area contributed by atoms with Crippen LogP contribution >= 0.6 is 0 Å². The highest BCUT2D eigenvalue weighted by Gasteiger charge is 2.35. The van der Waals surface area contributed by atoms with Crippen molar-refractivity contribution in [2.75, 3.05) is 0 Å². The van der Waals surface area contributed by atoms with Gasteiger partial charge in [0.05, 0.1) is 5.56 Å². The molecule has 0 aliphatic heterocycles. The molecule has 1 aromatic carbocycles. The van der Waals surface area contributed by atoms with Gasteiger partial charge in [0.1, 0.15) is 0 Å². The quantitative estimate of drug-likeness (QED) is 0.616. The molecule has 0 bridgehead atoms. The van der Waals surface area contributed by atoms with E-state index >= 15 is 0 Å². The van der Waals surface area contributed by atoms with Crippen LogP contribution < -0.4 is 4.18 Å². The average Bonchev–Trinajstić information content (AvgIpc) is 2.15. The van der Waals surface area contributed by atoms with Crippen molar-refractivity contribution in [1.82, 2.24) is 0 Å². The zero-order chi connectivity index (χ0) is 13.1. The minimum absolute atomic E-state index is 0.634. The topological polar surface area (TPSA) is 72.8 Å². The fourth-order valence-corrected chi connectivity index (χ4v) is 1.45. The Labute approximate surface area is 93.8 Å². The minimum Gasteiger partial charge on any atom is -0.364 e. The van der Waals surface area contributed by atoms with E-state index in [1.54, 1.807) is 0 Å². The van der Waals surface area contributed by atoms with Gasteiger partial charge in [-0.2, -0.15) is 21.6 Å². The highest BCUT2D eigenvalue weighted by molar-refractivity contribution is 7.85. The fraction of sp³-hybridized carbons (Fsp3) is 0.125. The van der Waals surface area contributed by atoms with E-state index in [0.717, 1.165) is 18.2 Å². The summed E-state index contributed by atoms with van der Waals surface area (Å²) in [6, 6.07) is 3.63. The molecule has 0 unspecified atom stereocenters. The van der Waals surface area contributed by atoms with Gasteiger partial charge in [0.15, 0.2) is 5.75 Å². The van der Waals surface area contributed by atoms with Gasteiger partial charge in [0.2, 0.25) is 0 Å². The number of isocyanates is 1. The molecule has 0 radical (unpaired) electrons. The second-order valence-corrected chi connectivity index (χ2v) is 3.89. The lowest BCUT2D eigenvalue weighted by Gasteiger charge is -2.10. The van der Waals surface area contributed by atoms with E-state index in [1.165, 1.54) is 0 Å². The van der Waals surface area contributed by atoms with Crippen LogP contribution in [0.3, 0.4) is 0 Å². The van der Waals surface area contributed by atoms with Gasteiger partial charge < -0.3 is 4.18 Å². The summed E-state index contributed by atoms with van der Waals surface area (Å²) < 4.78 is 65.3. The van der Waals surface area contributed by atoms with Crippen molar-refractivity contribution >= 4 is 16.4 Å². The largest absolute Gasteiger partial charge is 0.439 e. The van der Waals surface area contributed by atoms with Gasteiger partial charge in [-0.05, 0) is 16.5 Å². The number of halogens is 3. The van der Waals surface area contributed by atoms with Crippen LogP contribution in [0.1, 0.15) is 5.56 Å². The van der Waals surface area contributed by atoms with Gasteiger partial charge in [-0.25, -0.2) is 4.79 Å². The molecule has 0 atom stereocenters. The van der Waals surface area contributed by atoms with E-state index in [2.05, 4.69) is 8.58 Å². The number of alkyl halides is 3. The third kappa shape index (κ3) is 3.58. The summed E-state index contributed by atoms with van der Waals surface area (Å²) in [5.74, 6) is -0.959. The number of benzene rings is 1. The molecule has 1 rings (SSSR count). The second kappa shape index (κ2) is 4.56. The first-order valence-electron chi connectivity index (χ1n) is 3.96. The number of para-hydroxylation sites is 1. The van der Waals surface area contributed by atoms with Crippen LogP contribution in [-0.2, 0) is 21.3 Å². The first-order valence-corrected chi connectivity index (χ1v) is 5.32. The van der Waals surface area contributed by atoms with Crippen molar-refractivity contribution in [3.8, 4) is 5.75 Å². The zero-order valence-electron chi connectivity index (χ0n) is 7.93. The SMILES string of the molecule is O=C=NS(=O)(=O)Oc1ccccc1C(F)(F)F. The summed E-state index contributed by atoms with van der Waals surface area (Å²) in [6.45, 7) is 0. The van der Waals surface area contributed by atoms with Crippen molar-refractivity contribution in [2.45, 2.75) is 6.18 Å². The molecule has 0 amide bonds. The molecule has 0 saturated carbocycles. The Morgan fingerprint density at radius 3 is 2.35 bits per heavy atom. The Morgan fingerprint density at radius 1 is 1.24 bits per heavy atom. The number of rotatable bonds is 3. The van der Waals surface area contributed by atoms with E-state index in [-0.39, 0.29) is 0 Å². The Bertz CT molecular complexity index is 560. The smallest absolute Gasteiger partial charge is 0.364 e. The van der Waals surface area contributed by atoms with Crippen molar-refractivity contribution in [2.24, 2.45) is 4.40 Å². The fourth-order valence-electron chi connectivity index (χ4n) is 0.951. The lowest BCUT2D eigenvalue weighted by molar-refractivity contribution is -0.138. The summed E-state index contributed by atoms with van der Waals surface area (Å²) in [4.78, 5) is 9.72. The maximum atomic E-state index is 12.4. The van der Waals surface area contributed by atoms with E-state index in [9.17, 15) is 26.4 Å². The summed E-state index contributed by atoms with van der Waals surface area (Å²) in [6.07, 6.45) is -4.11. The Kier molecular flexibility index (Phi) is 3.54. The number of nitrogens with zero attached hydrogens (tertiary/aromatic N) is 1. The molecular formula is C8H4F3NO4S. The number of carbonyl (C=O) groups excluding carboxylic acids is 1. The summed E-state index contributed by atoms with van der Waals surface area (Å²) >= 11 is 0. The second-order valence-electron chi connectivity index (χ2n) is 2.69. The van der Waals surface area contributed by atoms with Crippen molar-refractivity contribution in [3.63, 3.8) is 0 Å². The molecule has 0 saturated heterocycles. The molecule has 0 aliphatic carbocycles. The van der Waals surface area contributed by atoms with Gasteiger partial charge in [0.25, 0.3) is 6.08 Å². The van der Waals surface area contributed by atoms with E-state index in [4.69, 9.17) is 0 Å². The van der Waals surface area contributed by atoms with Gasteiger partial charge in [0, 0.05) is 0 Å². The van der Waals surface area contributed by atoms with Crippen LogP contribution in [0.4, 0.5) is 13.2 Å². The highest BCUT2D eigenvalue weighted by atomic mass is 32.2. The Balaban J connectivity index is 3.21. The molecule has 1 aromatic rings. The van der Waals surface area contributed by atoms with Crippen LogP contribution in [0.5, 0.6) is 5.75 Å². The zero-order valence-corrected chi connectivity index (χ0v) is 8.75. The molecular weight excluding hydrogens is 263 g/mol. The van der Waals surface area contributed by atoms with E-state index < -0.39 is 27.8 Å². The first-order chi connectivity index (χ1) is 7.76. The minimum atomic E-state index is -4.78. The summed E-state index contributed by atoms with van der Waals surface area (Å²) in [7, 11) is -4.77. The predicted molar refractivity (Wildman–Crippen MR) is 49.1 cm³/mol. The number of hydrogen-bond donors (Lipinski definition) is 0. The lowest BCUT2D eigenvalue weighted by Crippen LogP contribution is -2.12. The van der Waals surface area contributed by atoms with Crippen LogP contribution in [-0.4, -0.2) is 14.5 Å². The number of hydrogen-bond acceptors (Lipinski definition) is 4. The molecule has 0 fully saturated rings. The standard InChI is InChI=1S/C8H4F3NO4S/c9-8(10,11)6-3-1-2-4-7(6)16-17(14,15)12-5-13/h1-4H. The van der Waals surface area contributed by atoms with Crippen molar-refractivity contribution in [1.29, 1.82) is 0 Å². The van der Waals surface area contributed by atoms with Gasteiger partial charge >= 0.3 is 16.5 Å². The molecule has 92 valence electrons. The first kappa shape index (κ1) is 13.2. The van der Waals surface area contributed by atoms with Crippen LogP contribution in [0, 0.1) is 0 Å².